The van der Waals surface area contributed by atoms with Crippen LogP contribution in [0, 0.1) is 0 Å². The molecule has 0 aliphatic carbocycles. The molecule has 1 aliphatic rings. The summed E-state index contributed by atoms with van der Waals surface area (Å²) in [6.45, 7) is 1.75. The van der Waals surface area contributed by atoms with E-state index in [1.807, 2.05) is 66.7 Å². The molecule has 9 nitrogen and oxygen atoms in total. The molecule has 2 aromatic carbocycles. The van der Waals surface area contributed by atoms with Crippen LogP contribution in [0.4, 0.5) is 14.8 Å². The monoisotopic (exact) mass is 591 g/mol. The number of anilines is 2. The zero-order valence-corrected chi connectivity index (χ0v) is 24.3. The van der Waals surface area contributed by atoms with Gasteiger partial charge in [-0.3, -0.25) is 10.1 Å². The fourth-order valence-electron chi connectivity index (χ4n) is 4.33. The number of rotatable bonds is 6. The Kier molecular flexibility index (Phi) is 10.5. The second kappa shape index (κ2) is 14.4. The van der Waals surface area contributed by atoms with Crippen molar-refractivity contribution in [2.24, 2.45) is 5.73 Å². The minimum absolute atomic E-state index is 0.0940. The molecule has 2 aromatic heterocycles. The van der Waals surface area contributed by atoms with Crippen molar-refractivity contribution in [3.05, 3.63) is 83.9 Å². The third kappa shape index (κ3) is 8.16. The van der Waals surface area contributed by atoms with Gasteiger partial charge >= 0.3 is 12.0 Å². The van der Waals surface area contributed by atoms with Crippen LogP contribution in [0.2, 0.25) is 0 Å². The molecule has 3 amide bonds. The van der Waals surface area contributed by atoms with Crippen molar-refractivity contribution in [1.29, 1.82) is 0 Å². The first kappa shape index (κ1) is 29.8. The third-order valence-corrected chi connectivity index (χ3v) is 8.49. The maximum absolute atomic E-state index is 12.7. The Labute approximate surface area is 246 Å². The van der Waals surface area contributed by atoms with Gasteiger partial charge in [-0.05, 0) is 42.6 Å². The molecular formula is C30H33N5O4S2. The van der Waals surface area contributed by atoms with E-state index >= 15 is 0 Å². The number of hydrogen-bond donors (Lipinski definition) is 5. The summed E-state index contributed by atoms with van der Waals surface area (Å²) in [4.78, 5) is 37.3. The average molecular weight is 592 g/mol. The highest BCUT2D eigenvalue weighted by Crippen LogP contribution is 2.36. The number of benzene rings is 2. The Bertz CT molecular complexity index is 1460. The zero-order chi connectivity index (χ0) is 29.2. The van der Waals surface area contributed by atoms with E-state index < -0.39 is 12.0 Å². The van der Waals surface area contributed by atoms with E-state index in [0.29, 0.717) is 21.1 Å². The number of carbonyl (C=O) groups is 3. The molecule has 11 heteroatoms. The van der Waals surface area contributed by atoms with Crippen molar-refractivity contribution in [2.45, 2.75) is 25.3 Å². The summed E-state index contributed by atoms with van der Waals surface area (Å²) in [6, 6.07) is 22.5. The van der Waals surface area contributed by atoms with E-state index in [1.165, 1.54) is 29.8 Å². The minimum atomic E-state index is -0.674. The first-order chi connectivity index (χ1) is 19.9. The SMILES string of the molecule is COC(=O)c1cc(-c2ccccc2)sc1N.NC(=O)Nc1sc(-c2ccccc2)cc1C(=O)N[C@H]1CCCCNC1. The molecule has 41 heavy (non-hydrogen) atoms. The summed E-state index contributed by atoms with van der Waals surface area (Å²) in [5.41, 5.74) is 14.0. The summed E-state index contributed by atoms with van der Waals surface area (Å²) < 4.78 is 4.65. The maximum Gasteiger partial charge on any atom is 0.340 e. The molecule has 1 fully saturated rings. The number of esters is 1. The Morgan fingerprint density at radius 3 is 2.12 bits per heavy atom. The predicted molar refractivity (Wildman–Crippen MR) is 166 cm³/mol. The van der Waals surface area contributed by atoms with Crippen LogP contribution in [0.5, 0.6) is 0 Å². The highest BCUT2D eigenvalue weighted by molar-refractivity contribution is 7.20. The van der Waals surface area contributed by atoms with Gasteiger partial charge in [0.05, 0.1) is 18.2 Å². The lowest BCUT2D eigenvalue weighted by molar-refractivity contribution is 0.0602. The van der Waals surface area contributed by atoms with Crippen molar-refractivity contribution in [2.75, 3.05) is 31.2 Å². The van der Waals surface area contributed by atoms with Crippen LogP contribution in [0.25, 0.3) is 20.9 Å². The van der Waals surface area contributed by atoms with Crippen LogP contribution in [0.3, 0.4) is 0 Å². The Hall–Kier alpha value is -4.19. The quantitative estimate of drug-likeness (QED) is 0.185. The van der Waals surface area contributed by atoms with Crippen LogP contribution in [-0.4, -0.2) is 44.1 Å². The Morgan fingerprint density at radius 1 is 0.902 bits per heavy atom. The van der Waals surface area contributed by atoms with Gasteiger partial charge in [-0.25, -0.2) is 9.59 Å². The molecule has 0 radical (unpaired) electrons. The number of methoxy groups -OCH3 is 1. The van der Waals surface area contributed by atoms with E-state index in [1.54, 1.807) is 6.07 Å². The largest absolute Gasteiger partial charge is 0.465 e. The van der Waals surface area contributed by atoms with Crippen molar-refractivity contribution in [1.82, 2.24) is 10.6 Å². The Morgan fingerprint density at radius 2 is 1.51 bits per heavy atom. The normalized spacial score (nSPS) is 14.6. The third-order valence-electron chi connectivity index (χ3n) is 6.38. The highest BCUT2D eigenvalue weighted by atomic mass is 32.1. The zero-order valence-electron chi connectivity index (χ0n) is 22.6. The highest BCUT2D eigenvalue weighted by Gasteiger charge is 2.21. The van der Waals surface area contributed by atoms with Gasteiger partial charge in [-0.2, -0.15) is 0 Å². The second-order valence-electron chi connectivity index (χ2n) is 9.33. The lowest BCUT2D eigenvalue weighted by Gasteiger charge is -2.16. The van der Waals surface area contributed by atoms with Gasteiger partial charge in [0.25, 0.3) is 5.91 Å². The average Bonchev–Trinajstić information content (AvgIpc) is 3.49. The van der Waals surface area contributed by atoms with Crippen LogP contribution in [0.15, 0.2) is 72.8 Å². The van der Waals surface area contributed by atoms with Crippen LogP contribution in [0.1, 0.15) is 40.0 Å². The molecule has 1 saturated heterocycles. The number of thiophene rings is 2. The van der Waals surface area contributed by atoms with E-state index in [2.05, 4.69) is 20.7 Å². The minimum Gasteiger partial charge on any atom is -0.465 e. The maximum atomic E-state index is 12.7. The van der Waals surface area contributed by atoms with Gasteiger partial charge in [0.1, 0.15) is 10.0 Å². The van der Waals surface area contributed by atoms with Gasteiger partial charge in [0, 0.05) is 22.3 Å². The van der Waals surface area contributed by atoms with Crippen molar-refractivity contribution in [3.63, 3.8) is 0 Å². The number of urea groups is 1. The lowest BCUT2D eigenvalue weighted by atomic mass is 10.1. The van der Waals surface area contributed by atoms with Gasteiger partial charge in [-0.15, -0.1) is 22.7 Å². The molecule has 5 rings (SSSR count). The topological polar surface area (TPSA) is 149 Å². The molecule has 0 unspecified atom stereocenters. The molecule has 3 heterocycles. The van der Waals surface area contributed by atoms with Gasteiger partial charge in [-0.1, -0.05) is 67.1 Å². The fraction of sp³-hybridized carbons (Fsp3) is 0.233. The molecule has 7 N–H and O–H groups in total. The van der Waals surface area contributed by atoms with Crippen molar-refractivity contribution in [3.8, 4) is 20.9 Å². The van der Waals surface area contributed by atoms with E-state index in [4.69, 9.17) is 11.5 Å². The van der Waals surface area contributed by atoms with Crippen LogP contribution in [-0.2, 0) is 4.74 Å². The van der Waals surface area contributed by atoms with Crippen molar-refractivity contribution < 1.29 is 19.1 Å². The molecule has 1 atom stereocenters. The van der Waals surface area contributed by atoms with Gasteiger partial charge in [0.15, 0.2) is 0 Å². The second-order valence-corrected chi connectivity index (χ2v) is 11.5. The van der Waals surface area contributed by atoms with Gasteiger partial charge < -0.3 is 26.8 Å². The molecule has 0 spiro atoms. The van der Waals surface area contributed by atoms with Gasteiger partial charge in [0.2, 0.25) is 0 Å². The first-order valence-corrected chi connectivity index (χ1v) is 14.8. The number of nitrogens with one attached hydrogen (secondary N) is 3. The smallest absolute Gasteiger partial charge is 0.340 e. The van der Waals surface area contributed by atoms with Crippen LogP contribution < -0.4 is 27.4 Å². The predicted octanol–water partition coefficient (Wildman–Crippen LogP) is 5.56. The summed E-state index contributed by atoms with van der Waals surface area (Å²) >= 11 is 2.74. The van der Waals surface area contributed by atoms with E-state index in [9.17, 15) is 14.4 Å². The fourth-order valence-corrected chi connectivity index (χ4v) is 6.32. The lowest BCUT2D eigenvalue weighted by Crippen LogP contribution is -2.41. The van der Waals surface area contributed by atoms with Crippen molar-refractivity contribution >= 4 is 50.6 Å². The van der Waals surface area contributed by atoms with Crippen LogP contribution >= 0.6 is 22.7 Å². The summed E-state index contributed by atoms with van der Waals surface area (Å²) in [7, 11) is 1.35. The number of ether oxygens (including phenoxy) is 1. The number of primary amides is 1. The number of nitrogens with two attached hydrogens (primary N) is 2. The van der Waals surface area contributed by atoms with E-state index in [-0.39, 0.29) is 11.9 Å². The molecular weight excluding hydrogens is 558 g/mol. The standard InChI is InChI=1S/C18H22N4O2S.C12H11NO2S/c19-18(24)22-17-14(10-15(25-17)12-6-2-1-3-7-12)16(23)21-13-8-4-5-9-20-11-13;1-15-12(14)9-7-10(16-11(9)13)8-5-3-2-4-6-8/h1-3,6-7,10,13,20H,4-5,8-9,11H2,(H,21,23)(H3,19,22,24);2-7H,13H2,1H3/t13-;/m0./s1. The number of nitrogen functional groups attached to an aromatic ring is 1. The summed E-state index contributed by atoms with van der Waals surface area (Å²) in [5.74, 6) is -0.577. The summed E-state index contributed by atoms with van der Waals surface area (Å²) in [6.07, 6.45) is 3.16. The molecule has 4 aromatic rings. The van der Waals surface area contributed by atoms with E-state index in [0.717, 1.165) is 53.2 Å². The Balaban J connectivity index is 0.000000208. The first-order valence-electron chi connectivity index (χ1n) is 13.2. The summed E-state index contributed by atoms with van der Waals surface area (Å²) in [5, 5.41) is 9.94. The molecule has 1 aliphatic heterocycles. The molecule has 0 bridgehead atoms. The molecule has 214 valence electrons. The molecule has 0 saturated carbocycles. The number of carbonyl (C=O) groups excluding carboxylic acids is 3. The number of hydrogen-bond acceptors (Lipinski definition) is 8. The number of amides is 3.